The molecule has 0 atom stereocenters. The molecule has 1 saturated heterocycles. The molecule has 39 heavy (non-hydrogen) atoms. The number of nitrogens with one attached hydrogen (secondary N) is 1. The van der Waals surface area contributed by atoms with E-state index in [-0.39, 0.29) is 22.0 Å². The molecule has 3 amide bonds. The van der Waals surface area contributed by atoms with Gasteiger partial charge in [-0.25, -0.2) is 0 Å². The molecule has 3 aromatic rings. The van der Waals surface area contributed by atoms with E-state index in [2.05, 4.69) is 10.1 Å². The van der Waals surface area contributed by atoms with Crippen LogP contribution in [0.25, 0.3) is 6.08 Å². The first-order valence-corrected chi connectivity index (χ1v) is 12.0. The maximum Gasteiger partial charge on any atom is 0.573 e. The lowest BCUT2D eigenvalue weighted by atomic mass is 10.1. The van der Waals surface area contributed by atoms with Crippen molar-refractivity contribution in [2.75, 3.05) is 5.32 Å². The Bertz CT molecular complexity index is 1490. The topological polar surface area (TPSA) is 119 Å². The van der Waals surface area contributed by atoms with Crippen LogP contribution in [-0.2, 0) is 11.3 Å². The second kappa shape index (κ2) is 11.2. The van der Waals surface area contributed by atoms with Gasteiger partial charge in [-0.1, -0.05) is 35.9 Å². The molecule has 3 aromatic carbocycles. The number of thioether (sulfide) groups is 1. The number of hydrogen-bond donors (Lipinski definition) is 1. The zero-order chi connectivity index (χ0) is 28.3. The third kappa shape index (κ3) is 6.94. The number of carbonyl (C=O) groups excluding carboxylic acids is 3. The fourth-order valence-electron chi connectivity index (χ4n) is 3.43. The molecule has 9 nitrogen and oxygen atoms in total. The van der Waals surface area contributed by atoms with Gasteiger partial charge in [-0.05, 0) is 65.4 Å². The Morgan fingerprint density at radius 3 is 2.36 bits per heavy atom. The Labute approximate surface area is 227 Å². The summed E-state index contributed by atoms with van der Waals surface area (Å²) in [5.41, 5.74) is 0.988. The highest BCUT2D eigenvalue weighted by molar-refractivity contribution is 8.18. The van der Waals surface area contributed by atoms with Gasteiger partial charge >= 0.3 is 6.36 Å². The van der Waals surface area contributed by atoms with Crippen LogP contribution < -0.4 is 10.1 Å². The van der Waals surface area contributed by atoms with E-state index < -0.39 is 39.8 Å². The lowest BCUT2D eigenvalue weighted by Crippen LogP contribution is -2.27. The second-order valence-electron chi connectivity index (χ2n) is 7.96. The molecule has 1 N–H and O–H groups in total. The molecule has 0 radical (unpaired) electrons. The standard InChI is InChI=1S/C25H15ClF3N3O6S/c26-19-10-5-16(12-20(19)32(36)37)22(33)30-17-6-1-14(2-7-17)11-21-23(34)31(24(35)39-21)13-15-3-8-18(9-4-15)38-25(27,28)29/h1-12H,13H2,(H,30,33)/b21-11-. The van der Waals surface area contributed by atoms with Crippen molar-refractivity contribution in [3.63, 3.8) is 0 Å². The van der Waals surface area contributed by atoms with Gasteiger partial charge in [0.2, 0.25) is 0 Å². The number of carbonyl (C=O) groups is 3. The molecule has 1 heterocycles. The number of halogens is 4. The Balaban J connectivity index is 1.40. The number of benzene rings is 3. The second-order valence-corrected chi connectivity index (χ2v) is 9.36. The van der Waals surface area contributed by atoms with Crippen molar-refractivity contribution in [3.05, 3.63) is 103 Å². The fraction of sp³-hybridized carbons (Fsp3) is 0.0800. The van der Waals surface area contributed by atoms with E-state index in [9.17, 15) is 37.7 Å². The SMILES string of the molecule is O=C(Nc1ccc(/C=C2\SC(=O)N(Cc3ccc(OC(F)(F)F)cc3)C2=O)cc1)c1ccc(Cl)c([N+](=O)[O-])c1. The zero-order valence-electron chi connectivity index (χ0n) is 19.4. The molecule has 4 rings (SSSR count). The van der Waals surface area contributed by atoms with Gasteiger partial charge in [0, 0.05) is 17.3 Å². The minimum Gasteiger partial charge on any atom is -0.406 e. The van der Waals surface area contributed by atoms with Crippen LogP contribution in [0.4, 0.5) is 29.3 Å². The van der Waals surface area contributed by atoms with E-state index in [4.69, 9.17) is 11.6 Å². The highest BCUT2D eigenvalue weighted by Crippen LogP contribution is 2.34. The van der Waals surface area contributed by atoms with Gasteiger partial charge in [-0.3, -0.25) is 29.4 Å². The third-order valence-electron chi connectivity index (χ3n) is 5.24. The largest absolute Gasteiger partial charge is 0.573 e. The molecule has 0 saturated carbocycles. The van der Waals surface area contributed by atoms with Crippen LogP contribution in [0.15, 0.2) is 71.6 Å². The van der Waals surface area contributed by atoms with Gasteiger partial charge in [0.05, 0.1) is 16.4 Å². The van der Waals surface area contributed by atoms with Gasteiger partial charge in [0.1, 0.15) is 10.8 Å². The van der Waals surface area contributed by atoms with Gasteiger partial charge in [-0.15, -0.1) is 13.2 Å². The fourth-order valence-corrected chi connectivity index (χ4v) is 4.45. The van der Waals surface area contributed by atoms with Crippen molar-refractivity contribution >= 4 is 57.9 Å². The highest BCUT2D eigenvalue weighted by Gasteiger charge is 2.35. The Morgan fingerprint density at radius 1 is 1.08 bits per heavy atom. The molecule has 0 bridgehead atoms. The number of nitro benzene ring substituents is 1. The molecule has 1 aliphatic heterocycles. The summed E-state index contributed by atoms with van der Waals surface area (Å²) in [6, 6.07) is 14.8. The van der Waals surface area contributed by atoms with Crippen molar-refractivity contribution in [2.45, 2.75) is 12.9 Å². The molecule has 0 aliphatic carbocycles. The summed E-state index contributed by atoms with van der Waals surface area (Å²) in [4.78, 5) is 49.1. The first kappa shape index (κ1) is 27.7. The summed E-state index contributed by atoms with van der Waals surface area (Å²) >= 11 is 6.48. The van der Waals surface area contributed by atoms with E-state index in [0.29, 0.717) is 28.6 Å². The number of nitrogens with zero attached hydrogens (tertiary/aromatic N) is 2. The molecule has 14 heteroatoms. The smallest absolute Gasteiger partial charge is 0.406 e. The predicted molar refractivity (Wildman–Crippen MR) is 137 cm³/mol. The number of anilines is 1. The molecule has 0 unspecified atom stereocenters. The van der Waals surface area contributed by atoms with E-state index in [1.165, 1.54) is 30.3 Å². The zero-order valence-corrected chi connectivity index (χ0v) is 21.0. The number of rotatable bonds is 7. The minimum atomic E-state index is -4.83. The number of ether oxygens (including phenoxy) is 1. The van der Waals surface area contributed by atoms with E-state index in [1.54, 1.807) is 24.3 Å². The van der Waals surface area contributed by atoms with Crippen molar-refractivity contribution in [1.29, 1.82) is 0 Å². The number of imide groups is 1. The summed E-state index contributed by atoms with van der Waals surface area (Å²) in [5, 5.41) is 13.0. The maximum atomic E-state index is 12.8. The lowest BCUT2D eigenvalue weighted by molar-refractivity contribution is -0.384. The number of amides is 3. The predicted octanol–water partition coefficient (Wildman–Crippen LogP) is 6.64. The number of hydrogen-bond acceptors (Lipinski definition) is 7. The van der Waals surface area contributed by atoms with Crippen molar-refractivity contribution in [1.82, 2.24) is 4.90 Å². The highest BCUT2D eigenvalue weighted by atomic mass is 35.5. The Morgan fingerprint density at radius 2 is 1.74 bits per heavy atom. The van der Waals surface area contributed by atoms with E-state index in [0.717, 1.165) is 23.1 Å². The maximum absolute atomic E-state index is 12.8. The van der Waals surface area contributed by atoms with Gasteiger partial charge < -0.3 is 10.1 Å². The van der Waals surface area contributed by atoms with Crippen LogP contribution in [0, 0.1) is 10.1 Å². The lowest BCUT2D eigenvalue weighted by Gasteiger charge is -2.13. The monoisotopic (exact) mass is 577 g/mol. The minimum absolute atomic E-state index is 0.0337. The van der Waals surface area contributed by atoms with Gasteiger partial charge in [0.25, 0.3) is 22.7 Å². The quantitative estimate of drug-likeness (QED) is 0.190. The summed E-state index contributed by atoms with van der Waals surface area (Å²) < 4.78 is 40.8. The molecule has 0 spiro atoms. The third-order valence-corrected chi connectivity index (χ3v) is 6.47. The van der Waals surface area contributed by atoms with E-state index >= 15 is 0 Å². The summed E-state index contributed by atoms with van der Waals surface area (Å²) in [7, 11) is 0. The van der Waals surface area contributed by atoms with Crippen LogP contribution >= 0.6 is 23.4 Å². The average molecular weight is 578 g/mol. The Kier molecular flexibility index (Phi) is 7.93. The summed E-state index contributed by atoms with van der Waals surface area (Å²) in [6.45, 7) is -0.137. The molecule has 1 aliphatic rings. The van der Waals surface area contributed by atoms with Gasteiger partial charge in [-0.2, -0.15) is 0 Å². The van der Waals surface area contributed by atoms with Crippen LogP contribution in [0.5, 0.6) is 5.75 Å². The van der Waals surface area contributed by atoms with Crippen molar-refractivity contribution < 1.29 is 37.2 Å². The molecule has 0 aromatic heterocycles. The average Bonchev–Trinajstić information content (AvgIpc) is 3.12. The summed E-state index contributed by atoms with van der Waals surface area (Å²) in [6.07, 6.45) is -3.35. The van der Waals surface area contributed by atoms with Crippen molar-refractivity contribution in [3.8, 4) is 5.75 Å². The number of alkyl halides is 3. The van der Waals surface area contributed by atoms with Crippen molar-refractivity contribution in [2.24, 2.45) is 0 Å². The Hall–Kier alpha value is -4.36. The van der Waals surface area contributed by atoms with Gasteiger partial charge in [0.15, 0.2) is 0 Å². The first-order valence-electron chi connectivity index (χ1n) is 10.8. The molecular weight excluding hydrogens is 563 g/mol. The van der Waals surface area contributed by atoms with E-state index in [1.807, 2.05) is 0 Å². The normalized spacial score (nSPS) is 14.6. The summed E-state index contributed by atoms with van der Waals surface area (Å²) in [5.74, 6) is -1.58. The van der Waals surface area contributed by atoms with Crippen LogP contribution in [-0.4, -0.2) is 33.2 Å². The van der Waals surface area contributed by atoms with Crippen LogP contribution in [0.2, 0.25) is 5.02 Å². The van der Waals surface area contributed by atoms with Crippen LogP contribution in [0.3, 0.4) is 0 Å². The molecule has 1 fully saturated rings. The molecular formula is C25H15ClF3N3O6S. The molecule has 200 valence electrons. The number of nitro groups is 1. The van der Waals surface area contributed by atoms with Crippen LogP contribution in [0.1, 0.15) is 21.5 Å². The first-order chi connectivity index (χ1) is 18.4.